The Morgan fingerprint density at radius 2 is 1.86 bits per heavy atom. The van der Waals surface area contributed by atoms with Crippen LogP contribution in [-0.4, -0.2) is 12.8 Å². The summed E-state index contributed by atoms with van der Waals surface area (Å²) >= 11 is 2.22. The topological polar surface area (TPSA) is 50.4 Å². The van der Waals surface area contributed by atoms with Gasteiger partial charge in [-0.05, 0) is 72.3 Å². The Morgan fingerprint density at radius 1 is 1.14 bits per heavy atom. The second-order valence-electron chi connectivity index (χ2n) is 4.70. The highest BCUT2D eigenvalue weighted by Crippen LogP contribution is 2.18. The molecule has 0 aliphatic carbocycles. The minimum atomic E-state index is -0.291. The van der Waals surface area contributed by atoms with Crippen LogP contribution < -0.4 is 15.4 Å². The molecule has 0 aromatic heterocycles. The summed E-state index contributed by atoms with van der Waals surface area (Å²) < 4.78 is 6.67. The van der Waals surface area contributed by atoms with E-state index in [-0.39, 0.29) is 12.8 Å². The Hall–Kier alpha value is -1.76. The van der Waals surface area contributed by atoms with Crippen LogP contribution in [0.25, 0.3) is 0 Å². The first-order chi connectivity index (χ1) is 10.0. The lowest BCUT2D eigenvalue weighted by atomic mass is 10.1. The number of amides is 2. The first-order valence-corrected chi connectivity index (χ1v) is 7.63. The van der Waals surface area contributed by atoms with Gasteiger partial charge in [0.2, 0.25) is 0 Å². The van der Waals surface area contributed by atoms with Crippen molar-refractivity contribution in [3.05, 3.63) is 57.2 Å². The number of ether oxygens (including phenoxy) is 1. The van der Waals surface area contributed by atoms with Crippen LogP contribution in [0, 0.1) is 17.4 Å². The highest BCUT2D eigenvalue weighted by atomic mass is 127. The third kappa shape index (κ3) is 4.93. The van der Waals surface area contributed by atoms with E-state index in [1.54, 1.807) is 0 Å². The van der Waals surface area contributed by atoms with Gasteiger partial charge in [-0.1, -0.05) is 17.7 Å². The number of anilines is 1. The van der Waals surface area contributed by atoms with Crippen molar-refractivity contribution in [2.45, 2.75) is 13.8 Å². The van der Waals surface area contributed by atoms with E-state index in [9.17, 15) is 4.79 Å². The normalized spacial score (nSPS) is 10.0. The molecule has 2 aromatic carbocycles. The predicted molar refractivity (Wildman–Crippen MR) is 92.7 cm³/mol. The first kappa shape index (κ1) is 15.6. The van der Waals surface area contributed by atoms with Crippen molar-refractivity contribution >= 4 is 34.3 Å². The van der Waals surface area contributed by atoms with E-state index in [4.69, 9.17) is 4.74 Å². The molecule has 4 nitrogen and oxygen atoms in total. The number of hydrogen-bond donors (Lipinski definition) is 2. The molecule has 2 aromatic rings. The van der Waals surface area contributed by atoms with Crippen molar-refractivity contribution in [3.8, 4) is 5.75 Å². The fourth-order valence-electron chi connectivity index (χ4n) is 1.85. The van der Waals surface area contributed by atoms with E-state index in [0.717, 1.165) is 20.6 Å². The number of rotatable bonds is 4. The third-order valence-electron chi connectivity index (χ3n) is 2.89. The Balaban J connectivity index is 1.80. The van der Waals surface area contributed by atoms with Crippen LogP contribution in [0.5, 0.6) is 5.75 Å². The van der Waals surface area contributed by atoms with E-state index in [0.29, 0.717) is 0 Å². The van der Waals surface area contributed by atoms with Crippen molar-refractivity contribution in [2.24, 2.45) is 0 Å². The average molecular weight is 396 g/mol. The lowest BCUT2D eigenvalue weighted by Crippen LogP contribution is -2.32. The largest absolute Gasteiger partial charge is 0.473 e. The van der Waals surface area contributed by atoms with Crippen LogP contribution in [0.4, 0.5) is 10.5 Å². The summed E-state index contributed by atoms with van der Waals surface area (Å²) in [5.41, 5.74) is 2.98. The summed E-state index contributed by atoms with van der Waals surface area (Å²) in [6.07, 6.45) is 0. The maximum Gasteiger partial charge on any atom is 0.321 e. The molecule has 2 N–H and O–H groups in total. The van der Waals surface area contributed by atoms with Gasteiger partial charge in [-0.3, -0.25) is 0 Å². The van der Waals surface area contributed by atoms with Crippen LogP contribution in [0.2, 0.25) is 0 Å². The van der Waals surface area contributed by atoms with Crippen molar-refractivity contribution in [1.82, 2.24) is 5.32 Å². The fourth-order valence-corrected chi connectivity index (χ4v) is 2.21. The minimum absolute atomic E-state index is 0.125. The zero-order chi connectivity index (χ0) is 15.2. The molecular formula is C16H17IN2O2. The molecule has 0 heterocycles. The zero-order valence-electron chi connectivity index (χ0n) is 11.9. The summed E-state index contributed by atoms with van der Waals surface area (Å²) in [5.74, 6) is 0.773. The molecular weight excluding hydrogens is 379 g/mol. The summed E-state index contributed by atoms with van der Waals surface area (Å²) in [6.45, 7) is 4.14. The van der Waals surface area contributed by atoms with Crippen LogP contribution in [0.1, 0.15) is 11.1 Å². The third-order valence-corrected chi connectivity index (χ3v) is 3.61. The molecule has 0 atom stereocenters. The molecule has 0 saturated carbocycles. The molecule has 0 aliphatic heterocycles. The summed E-state index contributed by atoms with van der Waals surface area (Å²) in [4.78, 5) is 11.7. The SMILES string of the molecule is Cc1ccc(OCNC(=O)Nc2ccc(I)cc2)c(C)c1. The molecule has 0 saturated heterocycles. The monoisotopic (exact) mass is 396 g/mol. The van der Waals surface area contributed by atoms with E-state index >= 15 is 0 Å². The highest BCUT2D eigenvalue weighted by Gasteiger charge is 2.03. The van der Waals surface area contributed by atoms with Crippen LogP contribution >= 0.6 is 22.6 Å². The summed E-state index contributed by atoms with van der Waals surface area (Å²) in [7, 11) is 0. The average Bonchev–Trinajstić information content (AvgIpc) is 2.44. The highest BCUT2D eigenvalue weighted by molar-refractivity contribution is 14.1. The van der Waals surface area contributed by atoms with Gasteiger partial charge in [0.15, 0.2) is 6.73 Å². The lowest BCUT2D eigenvalue weighted by Gasteiger charge is -2.11. The van der Waals surface area contributed by atoms with Crippen molar-refractivity contribution in [3.63, 3.8) is 0 Å². The number of urea groups is 1. The van der Waals surface area contributed by atoms with E-state index in [1.165, 1.54) is 5.56 Å². The van der Waals surface area contributed by atoms with Crippen LogP contribution in [-0.2, 0) is 0 Å². The molecule has 0 radical (unpaired) electrons. The molecule has 21 heavy (non-hydrogen) atoms. The summed E-state index contributed by atoms with van der Waals surface area (Å²) in [6, 6.07) is 13.2. The van der Waals surface area contributed by atoms with Gasteiger partial charge in [0.25, 0.3) is 0 Å². The van der Waals surface area contributed by atoms with Gasteiger partial charge in [-0.2, -0.15) is 0 Å². The molecule has 0 spiro atoms. The van der Waals surface area contributed by atoms with Gasteiger partial charge in [-0.25, -0.2) is 4.79 Å². The zero-order valence-corrected chi connectivity index (χ0v) is 14.1. The first-order valence-electron chi connectivity index (χ1n) is 6.55. The summed E-state index contributed by atoms with van der Waals surface area (Å²) in [5, 5.41) is 5.41. The van der Waals surface area contributed by atoms with Gasteiger partial charge >= 0.3 is 6.03 Å². The second kappa shape index (κ2) is 7.31. The van der Waals surface area contributed by atoms with Crippen molar-refractivity contribution in [2.75, 3.05) is 12.0 Å². The Morgan fingerprint density at radius 3 is 2.52 bits per heavy atom. The molecule has 0 fully saturated rings. The standard InChI is InChI=1S/C16H17IN2O2/c1-11-3-8-15(12(2)9-11)21-10-18-16(20)19-14-6-4-13(17)5-7-14/h3-9H,10H2,1-2H3,(H2,18,19,20). The number of hydrogen-bond acceptors (Lipinski definition) is 2. The Kier molecular flexibility index (Phi) is 5.44. The molecule has 110 valence electrons. The number of carbonyl (C=O) groups is 1. The molecule has 0 aliphatic rings. The van der Waals surface area contributed by atoms with Crippen LogP contribution in [0.15, 0.2) is 42.5 Å². The molecule has 0 unspecified atom stereocenters. The van der Waals surface area contributed by atoms with E-state index < -0.39 is 0 Å². The van der Waals surface area contributed by atoms with Gasteiger partial charge in [-0.15, -0.1) is 0 Å². The van der Waals surface area contributed by atoms with Gasteiger partial charge in [0, 0.05) is 9.26 Å². The van der Waals surface area contributed by atoms with Crippen molar-refractivity contribution in [1.29, 1.82) is 0 Å². The number of carbonyl (C=O) groups excluding carboxylic acids is 1. The maximum absolute atomic E-state index is 11.7. The molecule has 0 bridgehead atoms. The minimum Gasteiger partial charge on any atom is -0.473 e. The number of benzene rings is 2. The van der Waals surface area contributed by atoms with Crippen LogP contribution in [0.3, 0.4) is 0 Å². The van der Waals surface area contributed by atoms with Gasteiger partial charge in [0.1, 0.15) is 5.75 Å². The van der Waals surface area contributed by atoms with Gasteiger partial charge < -0.3 is 15.4 Å². The number of halogens is 1. The lowest BCUT2D eigenvalue weighted by molar-refractivity contribution is 0.234. The van der Waals surface area contributed by atoms with Crippen molar-refractivity contribution < 1.29 is 9.53 Å². The smallest absolute Gasteiger partial charge is 0.321 e. The molecule has 2 amide bonds. The maximum atomic E-state index is 11.7. The number of aryl methyl sites for hydroxylation is 2. The predicted octanol–water partition coefficient (Wildman–Crippen LogP) is 4.07. The van der Waals surface area contributed by atoms with E-state index in [2.05, 4.69) is 33.2 Å². The van der Waals surface area contributed by atoms with Gasteiger partial charge in [0.05, 0.1) is 0 Å². The second-order valence-corrected chi connectivity index (χ2v) is 5.94. The Labute approximate surface area is 138 Å². The molecule has 2 rings (SSSR count). The van der Waals surface area contributed by atoms with E-state index in [1.807, 2.05) is 56.3 Å². The quantitative estimate of drug-likeness (QED) is 0.605. The fraction of sp³-hybridized carbons (Fsp3) is 0.188. The number of nitrogens with one attached hydrogen (secondary N) is 2. The molecule has 5 heteroatoms. The Bertz CT molecular complexity index is 627.